The molecule has 0 bridgehead atoms. The molecule has 3 aromatic heterocycles. The number of pyridine rings is 1. The molecule has 2 aliphatic heterocycles. The predicted octanol–water partition coefficient (Wildman–Crippen LogP) is 3.20. The Bertz CT molecular complexity index is 1480. The van der Waals surface area contributed by atoms with Crippen LogP contribution >= 0.6 is 11.3 Å². The van der Waals surface area contributed by atoms with Crippen LogP contribution in [0.5, 0.6) is 11.5 Å². The number of ether oxygens (including phenoxy) is 2. The standard InChI is InChI=1S/C25H26N4O4S/c1-32-18-5-4-6-19-21(18)17-13-28(12-15(17)14-33-19)9-2-3-10-29-24(30)23-22(27-25(29)31)16-11-26-8-7-20(16)34-23/h4-8,11,15,17H,2-3,9-10,12-14H2,1H3,(H,27,31)/t15-,17+/m0/s1. The number of benzene rings is 1. The van der Waals surface area contributed by atoms with Gasteiger partial charge in [0.2, 0.25) is 0 Å². The minimum atomic E-state index is -0.353. The zero-order valence-corrected chi connectivity index (χ0v) is 19.8. The third-order valence-corrected chi connectivity index (χ3v) is 8.26. The van der Waals surface area contributed by atoms with Gasteiger partial charge >= 0.3 is 5.69 Å². The first kappa shape index (κ1) is 21.4. The molecule has 0 unspecified atom stereocenters. The van der Waals surface area contributed by atoms with E-state index in [1.165, 1.54) is 21.5 Å². The van der Waals surface area contributed by atoms with Gasteiger partial charge in [-0.3, -0.25) is 14.3 Å². The van der Waals surface area contributed by atoms with E-state index in [1.54, 1.807) is 19.5 Å². The summed E-state index contributed by atoms with van der Waals surface area (Å²) in [6, 6.07) is 7.87. The topological polar surface area (TPSA) is 89.5 Å². The van der Waals surface area contributed by atoms with Crippen molar-refractivity contribution in [1.82, 2.24) is 19.4 Å². The number of unbranched alkanes of at least 4 members (excludes halogenated alkanes) is 1. The fraction of sp³-hybridized carbons (Fsp3) is 0.400. The maximum Gasteiger partial charge on any atom is 0.328 e. The summed E-state index contributed by atoms with van der Waals surface area (Å²) in [5, 5.41) is 0.821. The maximum absolute atomic E-state index is 13.0. The second-order valence-electron chi connectivity index (χ2n) is 9.08. The number of nitrogens with one attached hydrogen (secondary N) is 1. The smallest absolute Gasteiger partial charge is 0.328 e. The number of aromatic nitrogens is 3. The molecule has 2 aliphatic rings. The number of fused-ring (bicyclic) bond motifs is 6. The molecule has 1 aromatic carbocycles. The normalized spacial score (nSPS) is 19.8. The van der Waals surface area contributed by atoms with Crippen LogP contribution in [0.3, 0.4) is 0 Å². The lowest BCUT2D eigenvalue weighted by molar-refractivity contribution is 0.209. The Hall–Kier alpha value is -3.17. The highest BCUT2D eigenvalue weighted by molar-refractivity contribution is 7.25. The van der Waals surface area contributed by atoms with Gasteiger partial charge in [0.1, 0.15) is 16.2 Å². The summed E-state index contributed by atoms with van der Waals surface area (Å²) in [7, 11) is 1.71. The van der Waals surface area contributed by atoms with Gasteiger partial charge < -0.3 is 19.4 Å². The number of aromatic amines is 1. The molecule has 0 saturated carbocycles. The SMILES string of the molecule is COc1cccc2c1[C@@H]1CN(CCCCn3c(=O)[nH]c4c(sc5ccncc54)c3=O)C[C@H]1CO2. The third-order valence-electron chi connectivity index (χ3n) is 7.10. The molecule has 0 spiro atoms. The molecule has 4 aromatic rings. The van der Waals surface area contributed by atoms with Gasteiger partial charge in [-0.1, -0.05) is 6.07 Å². The van der Waals surface area contributed by atoms with Crippen molar-refractivity contribution >= 4 is 31.6 Å². The minimum absolute atomic E-state index is 0.215. The lowest BCUT2D eigenvalue weighted by atomic mass is 9.86. The van der Waals surface area contributed by atoms with E-state index >= 15 is 0 Å². The summed E-state index contributed by atoms with van der Waals surface area (Å²) in [4.78, 5) is 35.2. The Morgan fingerprint density at radius 2 is 2.09 bits per heavy atom. The molecule has 1 saturated heterocycles. The first-order valence-corrected chi connectivity index (χ1v) is 12.5. The van der Waals surface area contributed by atoms with Crippen LogP contribution in [-0.2, 0) is 6.54 Å². The quantitative estimate of drug-likeness (QED) is 0.428. The molecule has 8 nitrogen and oxygen atoms in total. The van der Waals surface area contributed by atoms with Gasteiger partial charge in [-0.25, -0.2) is 4.79 Å². The Morgan fingerprint density at radius 1 is 1.21 bits per heavy atom. The molecule has 0 aliphatic carbocycles. The van der Waals surface area contributed by atoms with Gasteiger partial charge in [-0.2, -0.15) is 0 Å². The number of H-pyrrole nitrogens is 1. The zero-order chi connectivity index (χ0) is 23.2. The summed E-state index contributed by atoms with van der Waals surface area (Å²) in [6.45, 7) is 4.04. The fourth-order valence-corrected chi connectivity index (χ4v) is 6.52. The maximum atomic E-state index is 13.0. The van der Waals surface area contributed by atoms with E-state index in [2.05, 4.69) is 14.9 Å². The molecular weight excluding hydrogens is 452 g/mol. The molecule has 1 fully saturated rings. The molecule has 0 radical (unpaired) electrons. The average Bonchev–Trinajstić information content (AvgIpc) is 3.44. The van der Waals surface area contributed by atoms with Crippen molar-refractivity contribution in [2.24, 2.45) is 5.92 Å². The summed E-state index contributed by atoms with van der Waals surface area (Å²) in [6.07, 6.45) is 5.08. The van der Waals surface area contributed by atoms with E-state index in [-0.39, 0.29) is 11.2 Å². The lowest BCUT2D eigenvalue weighted by Crippen LogP contribution is -2.34. The van der Waals surface area contributed by atoms with Crippen LogP contribution in [0, 0.1) is 5.92 Å². The Balaban J connectivity index is 1.12. The van der Waals surface area contributed by atoms with E-state index in [0.717, 1.165) is 60.7 Å². The van der Waals surface area contributed by atoms with Crippen LogP contribution in [0.4, 0.5) is 0 Å². The van der Waals surface area contributed by atoms with Crippen molar-refractivity contribution < 1.29 is 9.47 Å². The van der Waals surface area contributed by atoms with Gasteiger partial charge in [0.15, 0.2) is 0 Å². The number of hydrogen-bond acceptors (Lipinski definition) is 7. The van der Waals surface area contributed by atoms with Gasteiger partial charge in [0.05, 0.1) is 19.2 Å². The molecule has 9 heteroatoms. The highest BCUT2D eigenvalue weighted by atomic mass is 32.1. The molecule has 5 heterocycles. The van der Waals surface area contributed by atoms with Crippen molar-refractivity contribution in [3.63, 3.8) is 0 Å². The van der Waals surface area contributed by atoms with Crippen molar-refractivity contribution in [2.45, 2.75) is 25.3 Å². The van der Waals surface area contributed by atoms with Crippen LogP contribution in [0.1, 0.15) is 24.3 Å². The molecule has 6 rings (SSSR count). The molecule has 2 atom stereocenters. The molecule has 1 N–H and O–H groups in total. The number of rotatable bonds is 6. The van der Waals surface area contributed by atoms with E-state index in [9.17, 15) is 9.59 Å². The van der Waals surface area contributed by atoms with Crippen LogP contribution < -0.4 is 20.7 Å². The van der Waals surface area contributed by atoms with Crippen molar-refractivity contribution in [3.8, 4) is 11.5 Å². The lowest BCUT2D eigenvalue weighted by Gasteiger charge is -2.29. The minimum Gasteiger partial charge on any atom is -0.496 e. The summed E-state index contributed by atoms with van der Waals surface area (Å²) >= 11 is 1.41. The Kier molecular flexibility index (Phi) is 5.38. The van der Waals surface area contributed by atoms with Crippen LogP contribution in [0.25, 0.3) is 20.3 Å². The van der Waals surface area contributed by atoms with Gasteiger partial charge in [0.25, 0.3) is 5.56 Å². The highest BCUT2D eigenvalue weighted by Crippen LogP contribution is 2.46. The first-order chi connectivity index (χ1) is 16.6. The van der Waals surface area contributed by atoms with E-state index in [4.69, 9.17) is 9.47 Å². The van der Waals surface area contributed by atoms with E-state index in [1.807, 2.05) is 24.3 Å². The number of hydrogen-bond donors (Lipinski definition) is 1. The monoisotopic (exact) mass is 478 g/mol. The van der Waals surface area contributed by atoms with Gasteiger partial charge in [0, 0.05) is 59.5 Å². The second-order valence-corrected chi connectivity index (χ2v) is 10.1. The van der Waals surface area contributed by atoms with Gasteiger partial charge in [-0.15, -0.1) is 11.3 Å². The number of methoxy groups -OCH3 is 1. The molecular formula is C25H26N4O4S. The molecule has 176 valence electrons. The molecule has 34 heavy (non-hydrogen) atoms. The summed E-state index contributed by atoms with van der Waals surface area (Å²) < 4.78 is 14.5. The Morgan fingerprint density at radius 3 is 2.97 bits per heavy atom. The van der Waals surface area contributed by atoms with Crippen molar-refractivity contribution in [3.05, 3.63) is 63.1 Å². The highest BCUT2D eigenvalue weighted by Gasteiger charge is 2.40. The second kappa shape index (κ2) is 8.56. The molecule has 0 amide bonds. The van der Waals surface area contributed by atoms with E-state index < -0.39 is 0 Å². The van der Waals surface area contributed by atoms with Crippen molar-refractivity contribution in [2.75, 3.05) is 33.4 Å². The fourth-order valence-electron chi connectivity index (χ4n) is 5.44. The van der Waals surface area contributed by atoms with Crippen LogP contribution in [-0.4, -0.2) is 52.8 Å². The number of nitrogens with zero attached hydrogens (tertiary/aromatic N) is 3. The van der Waals surface area contributed by atoms with Crippen molar-refractivity contribution in [1.29, 1.82) is 0 Å². The Labute approximate surface area is 199 Å². The number of thiophene rings is 1. The summed E-state index contributed by atoms with van der Waals surface area (Å²) in [5.41, 5.74) is 1.22. The average molecular weight is 479 g/mol. The number of likely N-dealkylation sites (tertiary alicyclic amines) is 1. The van der Waals surface area contributed by atoms with Crippen LogP contribution in [0.15, 0.2) is 46.2 Å². The van der Waals surface area contributed by atoms with E-state index in [0.29, 0.717) is 28.6 Å². The first-order valence-electron chi connectivity index (χ1n) is 11.7. The largest absolute Gasteiger partial charge is 0.496 e. The third kappa shape index (κ3) is 3.50. The summed E-state index contributed by atoms with van der Waals surface area (Å²) in [5.74, 6) is 2.71. The predicted molar refractivity (Wildman–Crippen MR) is 132 cm³/mol. The zero-order valence-electron chi connectivity index (χ0n) is 19.0. The van der Waals surface area contributed by atoms with Crippen LogP contribution in [0.2, 0.25) is 0 Å². The van der Waals surface area contributed by atoms with Gasteiger partial charge in [-0.05, 0) is 37.6 Å².